The lowest BCUT2D eigenvalue weighted by atomic mass is 10.2. The Morgan fingerprint density at radius 3 is 2.45 bits per heavy atom. The fourth-order valence-corrected chi connectivity index (χ4v) is 4.54. The van der Waals surface area contributed by atoms with Gasteiger partial charge in [-0.1, -0.05) is 6.07 Å². The number of phenols is 1. The number of carbonyl (C=O) groups is 1. The minimum Gasteiger partial charge on any atom is -0.508 e. The highest BCUT2D eigenvalue weighted by molar-refractivity contribution is 7.93. The molecule has 4 rings (SSSR count). The van der Waals surface area contributed by atoms with E-state index in [1.807, 2.05) is 0 Å². The number of thiazole rings is 1. The standard InChI is InChI=1S/C13H13N3O3S2.C7H7FO.H3N.H2/c17-12-2-1-8-16(12)10-3-5-11(6-4-10)21(18,19)15-13-14-7-9-20-13;1-5-2-3-6(9)4-7(5)8;;/h3-7,9H,1-2,8H2,(H,14,15);2-4,9H,1H3;1H3;1H. The fourth-order valence-electron chi connectivity index (χ4n) is 2.76. The smallest absolute Gasteiger partial charge is 0.263 e. The van der Waals surface area contributed by atoms with E-state index in [4.69, 9.17) is 5.11 Å². The van der Waals surface area contributed by atoms with Crippen LogP contribution in [-0.4, -0.2) is 31.0 Å². The van der Waals surface area contributed by atoms with Gasteiger partial charge < -0.3 is 16.2 Å². The Hall–Kier alpha value is -3.02. The molecule has 1 saturated heterocycles. The molecule has 0 radical (unpaired) electrons. The zero-order valence-corrected chi connectivity index (χ0v) is 18.4. The minimum absolute atomic E-state index is 0. The number of aromatic nitrogens is 1. The number of aryl methyl sites for hydroxylation is 1. The quantitative estimate of drug-likeness (QED) is 0.522. The van der Waals surface area contributed by atoms with E-state index in [0.717, 1.165) is 18.2 Å². The number of nitrogens with zero attached hydrogens (tertiary/aromatic N) is 2. The summed E-state index contributed by atoms with van der Waals surface area (Å²) in [6, 6.07) is 10.4. The maximum atomic E-state index is 12.4. The van der Waals surface area contributed by atoms with Crippen molar-refractivity contribution in [3.63, 3.8) is 0 Å². The molecule has 168 valence electrons. The van der Waals surface area contributed by atoms with Crippen molar-refractivity contribution >= 4 is 38.1 Å². The number of nitrogens with one attached hydrogen (secondary N) is 1. The number of phenolic OH excluding ortho intramolecular Hbond substituents is 1. The number of benzene rings is 2. The molecule has 0 bridgehead atoms. The van der Waals surface area contributed by atoms with E-state index in [-0.39, 0.29) is 29.9 Å². The summed E-state index contributed by atoms with van der Waals surface area (Å²) < 4.78 is 39.2. The Bertz CT molecular complexity index is 1130. The number of hydrogen-bond donors (Lipinski definition) is 3. The first kappa shape index (κ1) is 24.3. The van der Waals surface area contributed by atoms with Crippen LogP contribution in [0.15, 0.2) is 58.9 Å². The number of sulfonamides is 1. The van der Waals surface area contributed by atoms with Crippen LogP contribution in [0.4, 0.5) is 15.2 Å². The van der Waals surface area contributed by atoms with Crippen LogP contribution in [0.5, 0.6) is 5.75 Å². The average Bonchev–Trinajstić information content (AvgIpc) is 3.37. The lowest BCUT2D eigenvalue weighted by Gasteiger charge is -2.16. The summed E-state index contributed by atoms with van der Waals surface area (Å²) >= 11 is 1.21. The third-order valence-electron chi connectivity index (χ3n) is 4.34. The lowest BCUT2D eigenvalue weighted by Crippen LogP contribution is -2.23. The summed E-state index contributed by atoms with van der Waals surface area (Å²) in [5.41, 5.74) is 1.28. The van der Waals surface area contributed by atoms with E-state index in [2.05, 4.69) is 9.71 Å². The Balaban J connectivity index is 0.000000397. The molecule has 2 heterocycles. The van der Waals surface area contributed by atoms with Crippen LogP contribution in [0.25, 0.3) is 0 Å². The van der Waals surface area contributed by atoms with Crippen molar-refractivity contribution in [3.05, 3.63) is 65.4 Å². The second-order valence-corrected chi connectivity index (χ2v) is 9.10. The SMILES string of the molecule is Cc1ccc(O)cc1F.N.O=C1CCCN1c1ccc(S(=O)(=O)Nc2nccs2)cc1.[HH]. The summed E-state index contributed by atoms with van der Waals surface area (Å²) in [4.78, 5) is 17.4. The average molecular weight is 469 g/mol. The van der Waals surface area contributed by atoms with E-state index in [0.29, 0.717) is 23.7 Å². The number of carbonyl (C=O) groups excluding carboxylic acids is 1. The summed E-state index contributed by atoms with van der Waals surface area (Å²) in [5.74, 6) is -0.320. The van der Waals surface area contributed by atoms with Gasteiger partial charge >= 0.3 is 0 Å². The van der Waals surface area contributed by atoms with Crippen LogP contribution in [0, 0.1) is 12.7 Å². The number of halogens is 1. The molecule has 1 aliphatic rings. The molecule has 0 unspecified atom stereocenters. The summed E-state index contributed by atoms with van der Waals surface area (Å²) in [6.07, 6.45) is 2.92. The van der Waals surface area contributed by atoms with Crippen LogP contribution in [0.3, 0.4) is 0 Å². The van der Waals surface area contributed by atoms with Crippen molar-refractivity contribution in [3.8, 4) is 5.75 Å². The Labute approximate surface area is 185 Å². The molecular weight excluding hydrogens is 443 g/mol. The van der Waals surface area contributed by atoms with Gasteiger partial charge in [-0.3, -0.25) is 9.52 Å². The molecule has 31 heavy (non-hydrogen) atoms. The van der Waals surface area contributed by atoms with Gasteiger partial charge in [0, 0.05) is 37.7 Å². The zero-order chi connectivity index (χ0) is 21.7. The Morgan fingerprint density at radius 2 is 1.94 bits per heavy atom. The fraction of sp³-hybridized carbons (Fsp3) is 0.200. The number of anilines is 2. The van der Waals surface area contributed by atoms with E-state index < -0.39 is 10.0 Å². The minimum atomic E-state index is -3.64. The van der Waals surface area contributed by atoms with E-state index >= 15 is 0 Å². The molecule has 0 aliphatic carbocycles. The molecule has 11 heteroatoms. The lowest BCUT2D eigenvalue weighted by molar-refractivity contribution is -0.117. The molecule has 0 atom stereocenters. The van der Waals surface area contributed by atoms with Crippen LogP contribution in [0.1, 0.15) is 19.8 Å². The third kappa shape index (κ3) is 6.23. The van der Waals surface area contributed by atoms with Crippen molar-refractivity contribution in [2.45, 2.75) is 24.7 Å². The maximum Gasteiger partial charge on any atom is 0.263 e. The largest absolute Gasteiger partial charge is 0.508 e. The first-order valence-corrected chi connectivity index (χ1v) is 11.4. The van der Waals surface area contributed by atoms with Crippen molar-refractivity contribution in [2.75, 3.05) is 16.2 Å². The van der Waals surface area contributed by atoms with Crippen molar-refractivity contribution in [2.24, 2.45) is 0 Å². The van der Waals surface area contributed by atoms with Crippen LogP contribution in [0.2, 0.25) is 0 Å². The molecule has 5 N–H and O–H groups in total. The van der Waals surface area contributed by atoms with Gasteiger partial charge in [0.1, 0.15) is 11.6 Å². The molecule has 1 aliphatic heterocycles. The first-order valence-electron chi connectivity index (χ1n) is 9.04. The first-order chi connectivity index (χ1) is 14.3. The molecule has 3 aromatic rings. The molecule has 1 aromatic heterocycles. The molecule has 0 spiro atoms. The van der Waals surface area contributed by atoms with Crippen LogP contribution < -0.4 is 15.8 Å². The zero-order valence-electron chi connectivity index (χ0n) is 16.8. The van der Waals surface area contributed by atoms with E-state index in [9.17, 15) is 17.6 Å². The molecule has 1 fully saturated rings. The van der Waals surface area contributed by atoms with E-state index in [1.165, 1.54) is 41.8 Å². The third-order valence-corrected chi connectivity index (χ3v) is 6.51. The highest BCUT2D eigenvalue weighted by Gasteiger charge is 2.22. The van der Waals surface area contributed by atoms with Gasteiger partial charge in [-0.2, -0.15) is 0 Å². The van der Waals surface area contributed by atoms with E-state index in [1.54, 1.807) is 29.3 Å². The number of aromatic hydroxyl groups is 1. The van der Waals surface area contributed by atoms with Gasteiger partial charge in [0.2, 0.25) is 5.91 Å². The number of rotatable bonds is 4. The van der Waals surface area contributed by atoms with Crippen LogP contribution in [-0.2, 0) is 14.8 Å². The molecule has 0 saturated carbocycles. The van der Waals surface area contributed by atoms with Crippen LogP contribution >= 0.6 is 11.3 Å². The molecule has 2 aromatic carbocycles. The van der Waals surface area contributed by atoms with Crippen molar-refractivity contribution < 1.29 is 24.1 Å². The predicted octanol–water partition coefficient (Wildman–Crippen LogP) is 4.32. The Morgan fingerprint density at radius 1 is 1.23 bits per heavy atom. The second kappa shape index (κ2) is 10.3. The number of amides is 1. The van der Waals surface area contributed by atoms with Crippen molar-refractivity contribution in [1.29, 1.82) is 0 Å². The highest BCUT2D eigenvalue weighted by atomic mass is 32.2. The maximum absolute atomic E-state index is 12.4. The topological polar surface area (TPSA) is 135 Å². The summed E-state index contributed by atoms with van der Waals surface area (Å²) in [7, 11) is -3.64. The summed E-state index contributed by atoms with van der Waals surface area (Å²) in [5, 5.41) is 10.7. The predicted molar refractivity (Wildman–Crippen MR) is 121 cm³/mol. The van der Waals surface area contributed by atoms with Gasteiger partial charge in [0.05, 0.1) is 4.90 Å². The molecule has 1 amide bonds. The number of hydrogen-bond acceptors (Lipinski definition) is 7. The highest BCUT2D eigenvalue weighted by Crippen LogP contribution is 2.24. The monoisotopic (exact) mass is 468 g/mol. The van der Waals surface area contributed by atoms with Gasteiger partial charge in [-0.25, -0.2) is 17.8 Å². The van der Waals surface area contributed by atoms with Gasteiger partial charge in [0.25, 0.3) is 10.0 Å². The second-order valence-electron chi connectivity index (χ2n) is 6.52. The van der Waals surface area contributed by atoms with Crippen molar-refractivity contribution in [1.82, 2.24) is 11.1 Å². The molecular formula is C20H25FN4O4S2. The van der Waals surface area contributed by atoms with Gasteiger partial charge in [-0.15, -0.1) is 11.3 Å². The normalized spacial score (nSPS) is 13.2. The molecule has 8 nitrogen and oxygen atoms in total. The Kier molecular flexibility index (Phi) is 8.08. The summed E-state index contributed by atoms with van der Waals surface area (Å²) in [6.45, 7) is 2.33. The van der Waals surface area contributed by atoms with Gasteiger partial charge in [0.15, 0.2) is 5.13 Å². The van der Waals surface area contributed by atoms with Gasteiger partial charge in [-0.05, 0) is 49.2 Å².